The molecular weight excluding hydrogens is 444 g/mol. The van der Waals surface area contributed by atoms with Gasteiger partial charge in [0.05, 0.1) is 11.0 Å². The number of hydrogen-bond donors (Lipinski definition) is 2. The van der Waals surface area contributed by atoms with E-state index in [9.17, 15) is 10.1 Å². The number of carbonyl (C=O) groups excluding carboxylic acids is 1. The van der Waals surface area contributed by atoms with Gasteiger partial charge in [-0.3, -0.25) is 9.48 Å². The Morgan fingerprint density at radius 1 is 1.23 bits per heavy atom. The van der Waals surface area contributed by atoms with Crippen LogP contribution >= 0.6 is 0 Å². The third-order valence-electron chi connectivity index (χ3n) is 6.26. The molecule has 5 rings (SSSR count). The first-order chi connectivity index (χ1) is 16.7. The summed E-state index contributed by atoms with van der Waals surface area (Å²) in [5.41, 5.74) is 2.94. The highest BCUT2D eigenvalue weighted by molar-refractivity contribution is 5.88. The lowest BCUT2D eigenvalue weighted by molar-refractivity contribution is -0.114. The molecule has 0 aliphatic carbocycles. The molecule has 178 valence electrons. The summed E-state index contributed by atoms with van der Waals surface area (Å²) < 4.78 is 9.89. The van der Waals surface area contributed by atoms with Gasteiger partial charge in [-0.2, -0.15) is 10.4 Å². The molecule has 10 nitrogen and oxygen atoms in total. The number of rotatable bonds is 5. The van der Waals surface area contributed by atoms with Crippen LogP contribution < -0.4 is 15.4 Å². The maximum atomic E-state index is 11.3. The molecule has 4 aromatic rings. The fourth-order valence-corrected chi connectivity index (χ4v) is 4.55. The molecule has 0 fully saturated rings. The second-order valence-electron chi connectivity index (χ2n) is 9.32. The number of aryl methyl sites for hydroxylation is 2. The zero-order chi connectivity index (χ0) is 24.7. The summed E-state index contributed by atoms with van der Waals surface area (Å²) in [6, 6.07) is 11.1. The summed E-state index contributed by atoms with van der Waals surface area (Å²) in [5, 5.41) is 20.7. The van der Waals surface area contributed by atoms with Crippen LogP contribution in [0.5, 0.6) is 11.5 Å². The van der Waals surface area contributed by atoms with Gasteiger partial charge in [-0.1, -0.05) is 13.8 Å². The Hall–Kier alpha value is -4.39. The van der Waals surface area contributed by atoms with Gasteiger partial charge in [0.2, 0.25) is 11.9 Å². The Balaban J connectivity index is 1.48. The van der Waals surface area contributed by atoms with Crippen molar-refractivity contribution in [2.24, 2.45) is 7.05 Å². The summed E-state index contributed by atoms with van der Waals surface area (Å²) in [6.45, 7) is 6.79. The average Bonchev–Trinajstić information content (AvgIpc) is 3.36. The highest BCUT2D eigenvalue weighted by atomic mass is 16.5. The van der Waals surface area contributed by atoms with E-state index in [2.05, 4.69) is 46.3 Å². The second-order valence-corrected chi connectivity index (χ2v) is 9.32. The Labute approximate surface area is 202 Å². The highest BCUT2D eigenvalue weighted by Gasteiger charge is 2.29. The van der Waals surface area contributed by atoms with Crippen LogP contribution in [0.25, 0.3) is 11.0 Å². The van der Waals surface area contributed by atoms with Crippen LogP contribution in [0.4, 0.5) is 17.6 Å². The summed E-state index contributed by atoms with van der Waals surface area (Å²) in [6.07, 6.45) is 3.76. The monoisotopic (exact) mass is 470 g/mol. The number of amides is 1. The Kier molecular flexibility index (Phi) is 5.40. The number of anilines is 3. The molecule has 1 amide bonds. The van der Waals surface area contributed by atoms with Crippen molar-refractivity contribution >= 4 is 34.5 Å². The first-order valence-electron chi connectivity index (χ1n) is 11.4. The van der Waals surface area contributed by atoms with E-state index in [1.807, 2.05) is 17.7 Å². The van der Waals surface area contributed by atoms with Gasteiger partial charge in [0.1, 0.15) is 28.9 Å². The van der Waals surface area contributed by atoms with Crippen molar-refractivity contribution in [3.8, 4) is 17.6 Å². The van der Waals surface area contributed by atoms with E-state index in [1.165, 1.54) is 18.8 Å². The molecule has 4 heterocycles. The highest BCUT2D eigenvalue weighted by Crippen LogP contribution is 2.36. The fraction of sp³-hybridized carbons (Fsp3) is 0.320. The topological polar surface area (TPSA) is 123 Å². The minimum atomic E-state index is -0.231. The van der Waals surface area contributed by atoms with E-state index >= 15 is 0 Å². The lowest BCUT2D eigenvalue weighted by Crippen LogP contribution is -2.27. The van der Waals surface area contributed by atoms with Crippen molar-refractivity contribution in [1.29, 1.82) is 5.26 Å². The number of carbonyl (C=O) groups is 1. The molecule has 0 bridgehead atoms. The number of fused-ring (bicyclic) bond motifs is 2. The molecule has 1 aliphatic heterocycles. The standard InChI is InChI=1S/C25H26N8O2/c1-15(34)28-21-12-16(8-10-27-21)35-19-7-6-18-23(17(19)14-26)32(4)24(29-18)30-22-13-20-25(2,3)9-5-11-33(20)31-22/h6-8,10,12-13H,5,9,11H2,1-4H3,(H,27,28,34)(H,29,30,31). The van der Waals surface area contributed by atoms with Crippen molar-refractivity contribution in [1.82, 2.24) is 24.3 Å². The van der Waals surface area contributed by atoms with Crippen LogP contribution in [-0.2, 0) is 23.8 Å². The zero-order valence-electron chi connectivity index (χ0n) is 20.1. The number of ether oxygens (including phenoxy) is 1. The number of imidazole rings is 1. The maximum absolute atomic E-state index is 11.3. The number of pyridine rings is 1. The lowest BCUT2D eigenvalue weighted by Gasteiger charge is -2.30. The number of benzene rings is 1. The average molecular weight is 471 g/mol. The molecule has 0 saturated carbocycles. The van der Waals surface area contributed by atoms with Crippen molar-refractivity contribution in [3.05, 3.63) is 47.8 Å². The van der Waals surface area contributed by atoms with Gasteiger partial charge in [-0.05, 0) is 31.0 Å². The van der Waals surface area contributed by atoms with Crippen LogP contribution in [0.15, 0.2) is 36.5 Å². The molecule has 0 atom stereocenters. The number of nitrogens with one attached hydrogen (secondary N) is 2. The van der Waals surface area contributed by atoms with Gasteiger partial charge in [0.25, 0.3) is 0 Å². The Morgan fingerprint density at radius 3 is 2.80 bits per heavy atom. The van der Waals surface area contributed by atoms with Gasteiger partial charge in [-0.25, -0.2) is 9.97 Å². The van der Waals surface area contributed by atoms with Crippen LogP contribution in [-0.4, -0.2) is 30.2 Å². The Bertz CT molecular complexity index is 1490. The molecule has 0 unspecified atom stereocenters. The lowest BCUT2D eigenvalue weighted by atomic mass is 9.82. The van der Waals surface area contributed by atoms with E-state index in [0.717, 1.165) is 25.2 Å². The molecule has 2 N–H and O–H groups in total. The maximum Gasteiger partial charge on any atom is 0.222 e. The molecule has 10 heteroatoms. The largest absolute Gasteiger partial charge is 0.456 e. The molecule has 1 aliphatic rings. The molecule has 0 spiro atoms. The fourth-order valence-electron chi connectivity index (χ4n) is 4.55. The summed E-state index contributed by atoms with van der Waals surface area (Å²) in [4.78, 5) is 20.1. The first kappa shape index (κ1) is 22.4. The van der Waals surface area contributed by atoms with Crippen molar-refractivity contribution in [2.45, 2.75) is 45.6 Å². The van der Waals surface area contributed by atoms with Crippen molar-refractivity contribution < 1.29 is 9.53 Å². The minimum Gasteiger partial charge on any atom is -0.456 e. The summed E-state index contributed by atoms with van der Waals surface area (Å²) >= 11 is 0. The number of nitrogens with zero attached hydrogens (tertiary/aromatic N) is 6. The van der Waals surface area contributed by atoms with Crippen molar-refractivity contribution in [2.75, 3.05) is 10.6 Å². The van der Waals surface area contributed by atoms with Crippen LogP contribution in [0.3, 0.4) is 0 Å². The smallest absolute Gasteiger partial charge is 0.222 e. The van der Waals surface area contributed by atoms with E-state index in [-0.39, 0.29) is 11.3 Å². The summed E-state index contributed by atoms with van der Waals surface area (Å²) in [5.74, 6) is 2.28. The number of aromatic nitrogens is 5. The van der Waals surface area contributed by atoms with Gasteiger partial charge < -0.3 is 19.9 Å². The predicted molar refractivity (Wildman–Crippen MR) is 132 cm³/mol. The SMILES string of the molecule is CC(=O)Nc1cc(Oc2ccc3nc(Nc4cc5n(n4)CCCC5(C)C)n(C)c3c2C#N)ccn1. The van der Waals surface area contributed by atoms with E-state index < -0.39 is 0 Å². The van der Waals surface area contributed by atoms with E-state index in [1.54, 1.807) is 18.2 Å². The third kappa shape index (κ3) is 4.17. The molecule has 0 radical (unpaired) electrons. The normalized spacial score (nSPS) is 14.3. The van der Waals surface area contributed by atoms with Gasteiger partial charge in [0.15, 0.2) is 5.82 Å². The van der Waals surface area contributed by atoms with Crippen LogP contribution in [0.2, 0.25) is 0 Å². The minimum absolute atomic E-state index is 0.0739. The third-order valence-corrected chi connectivity index (χ3v) is 6.26. The predicted octanol–water partition coefficient (Wildman–Crippen LogP) is 4.60. The molecular formula is C25H26N8O2. The molecule has 35 heavy (non-hydrogen) atoms. The molecule has 0 saturated heterocycles. The molecule has 3 aromatic heterocycles. The second kappa shape index (κ2) is 8.43. The van der Waals surface area contributed by atoms with E-state index in [0.29, 0.717) is 39.9 Å². The molecule has 1 aromatic carbocycles. The van der Waals surface area contributed by atoms with E-state index in [4.69, 9.17) is 14.8 Å². The Morgan fingerprint density at radius 2 is 2.06 bits per heavy atom. The number of hydrogen-bond acceptors (Lipinski definition) is 7. The first-order valence-corrected chi connectivity index (χ1v) is 11.4. The quantitative estimate of drug-likeness (QED) is 0.437. The van der Waals surface area contributed by atoms with Crippen molar-refractivity contribution in [3.63, 3.8) is 0 Å². The van der Waals surface area contributed by atoms with Crippen LogP contribution in [0, 0.1) is 11.3 Å². The zero-order valence-corrected chi connectivity index (χ0v) is 20.1. The van der Waals surface area contributed by atoms with Gasteiger partial charge in [-0.15, -0.1) is 0 Å². The van der Waals surface area contributed by atoms with Gasteiger partial charge in [0, 0.05) is 50.0 Å². The number of nitriles is 1. The summed E-state index contributed by atoms with van der Waals surface area (Å²) in [7, 11) is 1.85. The van der Waals surface area contributed by atoms with Gasteiger partial charge >= 0.3 is 0 Å². The van der Waals surface area contributed by atoms with Crippen LogP contribution in [0.1, 0.15) is 44.9 Å².